The Morgan fingerprint density at radius 3 is 2.68 bits per heavy atom. The van der Waals surface area contributed by atoms with Gasteiger partial charge in [-0.15, -0.1) is 0 Å². The van der Waals surface area contributed by atoms with Gasteiger partial charge in [0.05, 0.1) is 11.6 Å². The molecule has 1 aliphatic heterocycles. The van der Waals surface area contributed by atoms with E-state index >= 15 is 0 Å². The van der Waals surface area contributed by atoms with Crippen LogP contribution in [0.2, 0.25) is 0 Å². The van der Waals surface area contributed by atoms with E-state index in [9.17, 15) is 14.7 Å². The summed E-state index contributed by atoms with van der Waals surface area (Å²) in [6.45, 7) is 4.93. The molecule has 1 saturated heterocycles. The molecule has 6 nitrogen and oxygen atoms in total. The number of phenols is 1. The van der Waals surface area contributed by atoms with Crippen molar-refractivity contribution in [1.82, 2.24) is 9.80 Å². The number of fused-ring (bicyclic) bond motifs is 1. The van der Waals surface area contributed by atoms with Crippen LogP contribution in [0.3, 0.4) is 0 Å². The summed E-state index contributed by atoms with van der Waals surface area (Å²) in [6.07, 6.45) is 1.46. The van der Waals surface area contributed by atoms with Gasteiger partial charge in [0.25, 0.3) is 0 Å². The smallest absolute Gasteiger partial charge is 0.219 e. The lowest BCUT2D eigenvalue weighted by Crippen LogP contribution is -2.47. The topological polar surface area (TPSA) is 74.0 Å². The van der Waals surface area contributed by atoms with Crippen molar-refractivity contribution in [2.45, 2.75) is 13.5 Å². The van der Waals surface area contributed by atoms with Crippen molar-refractivity contribution in [1.29, 1.82) is 0 Å². The Kier molecular flexibility index (Phi) is 3.85. The molecule has 0 unspecified atom stereocenters. The van der Waals surface area contributed by atoms with E-state index in [1.807, 2.05) is 4.90 Å². The fraction of sp³-hybridized carbons (Fsp3) is 0.375. The monoisotopic (exact) mass is 302 g/mol. The van der Waals surface area contributed by atoms with Crippen LogP contribution < -0.4 is 5.43 Å². The van der Waals surface area contributed by atoms with Crippen molar-refractivity contribution < 1.29 is 14.3 Å². The largest absolute Gasteiger partial charge is 0.508 e. The van der Waals surface area contributed by atoms with E-state index in [4.69, 9.17) is 4.42 Å². The van der Waals surface area contributed by atoms with Gasteiger partial charge in [0.15, 0.2) is 5.43 Å². The first-order chi connectivity index (χ1) is 10.5. The van der Waals surface area contributed by atoms with Crippen LogP contribution in [-0.2, 0) is 11.3 Å². The average Bonchev–Trinajstić information content (AvgIpc) is 2.50. The molecule has 1 N–H and O–H groups in total. The average molecular weight is 302 g/mol. The Bertz CT molecular complexity index is 760. The normalized spacial score (nSPS) is 16.1. The highest BCUT2D eigenvalue weighted by Gasteiger charge is 2.20. The lowest BCUT2D eigenvalue weighted by atomic mass is 10.1. The zero-order valence-electron chi connectivity index (χ0n) is 12.4. The van der Waals surface area contributed by atoms with E-state index in [1.54, 1.807) is 13.0 Å². The minimum absolute atomic E-state index is 0.0729. The third kappa shape index (κ3) is 2.82. The van der Waals surface area contributed by atoms with Crippen molar-refractivity contribution in [3.63, 3.8) is 0 Å². The molecule has 0 bridgehead atoms. The van der Waals surface area contributed by atoms with Crippen LogP contribution in [0, 0.1) is 0 Å². The number of amides is 1. The fourth-order valence-corrected chi connectivity index (χ4v) is 2.73. The van der Waals surface area contributed by atoms with E-state index in [-0.39, 0.29) is 17.1 Å². The molecule has 0 atom stereocenters. The van der Waals surface area contributed by atoms with E-state index in [2.05, 4.69) is 4.90 Å². The zero-order chi connectivity index (χ0) is 15.7. The van der Waals surface area contributed by atoms with Crippen molar-refractivity contribution in [3.8, 4) is 5.75 Å². The summed E-state index contributed by atoms with van der Waals surface area (Å²) in [5, 5.41) is 9.89. The molecule has 1 aromatic carbocycles. The number of hydrogen-bond donors (Lipinski definition) is 1. The molecule has 1 aliphatic rings. The fourth-order valence-electron chi connectivity index (χ4n) is 2.73. The Hall–Kier alpha value is -2.34. The van der Waals surface area contributed by atoms with Crippen LogP contribution in [0.4, 0.5) is 0 Å². The van der Waals surface area contributed by atoms with Crippen LogP contribution in [-0.4, -0.2) is 47.0 Å². The number of nitrogens with zero attached hydrogens (tertiary/aromatic N) is 2. The highest BCUT2D eigenvalue weighted by Crippen LogP contribution is 2.18. The first kappa shape index (κ1) is 14.6. The molecular formula is C16H18N2O4. The summed E-state index contributed by atoms with van der Waals surface area (Å²) in [6, 6.07) is 4.49. The van der Waals surface area contributed by atoms with Crippen LogP contribution in [0.5, 0.6) is 5.75 Å². The zero-order valence-corrected chi connectivity index (χ0v) is 12.4. The van der Waals surface area contributed by atoms with E-state index in [1.165, 1.54) is 18.4 Å². The van der Waals surface area contributed by atoms with Crippen LogP contribution >= 0.6 is 0 Å². The van der Waals surface area contributed by atoms with Gasteiger partial charge < -0.3 is 14.4 Å². The Balaban J connectivity index is 1.78. The second-order valence-corrected chi connectivity index (χ2v) is 5.55. The Labute approximate surface area is 127 Å². The van der Waals surface area contributed by atoms with Crippen molar-refractivity contribution in [2.24, 2.45) is 0 Å². The standard InChI is InChI=1S/C16H18N2O4/c1-11(19)18-6-4-17(5-7-18)9-12-10-22-15-8-13(20)2-3-14(15)16(12)21/h2-3,8,10,20H,4-7,9H2,1H3. The van der Waals surface area contributed by atoms with Gasteiger partial charge in [0, 0.05) is 51.3 Å². The number of carbonyl (C=O) groups is 1. The molecule has 1 amide bonds. The SMILES string of the molecule is CC(=O)N1CCN(Cc2coc3cc(O)ccc3c2=O)CC1. The van der Waals surface area contributed by atoms with Gasteiger partial charge in [-0.3, -0.25) is 14.5 Å². The van der Waals surface area contributed by atoms with Gasteiger partial charge >= 0.3 is 0 Å². The molecule has 0 spiro atoms. The lowest BCUT2D eigenvalue weighted by molar-refractivity contribution is -0.130. The highest BCUT2D eigenvalue weighted by atomic mass is 16.3. The molecule has 2 aromatic rings. The maximum absolute atomic E-state index is 12.5. The van der Waals surface area contributed by atoms with Gasteiger partial charge in [-0.25, -0.2) is 0 Å². The predicted octanol–water partition coefficient (Wildman–Crippen LogP) is 1.16. The third-order valence-corrected chi connectivity index (χ3v) is 4.04. The number of aromatic hydroxyl groups is 1. The second-order valence-electron chi connectivity index (χ2n) is 5.55. The summed E-state index contributed by atoms with van der Waals surface area (Å²) >= 11 is 0. The summed E-state index contributed by atoms with van der Waals surface area (Å²) in [7, 11) is 0. The molecule has 116 valence electrons. The number of hydrogen-bond acceptors (Lipinski definition) is 5. The van der Waals surface area contributed by atoms with Gasteiger partial charge in [-0.05, 0) is 12.1 Å². The Morgan fingerprint density at radius 2 is 2.00 bits per heavy atom. The molecular weight excluding hydrogens is 284 g/mol. The number of benzene rings is 1. The predicted molar refractivity (Wildman–Crippen MR) is 81.7 cm³/mol. The van der Waals surface area contributed by atoms with E-state index in [0.29, 0.717) is 36.2 Å². The molecule has 0 radical (unpaired) electrons. The number of phenolic OH excluding ortho intramolecular Hbond substituents is 1. The number of carbonyl (C=O) groups excluding carboxylic acids is 1. The molecule has 22 heavy (non-hydrogen) atoms. The maximum Gasteiger partial charge on any atom is 0.219 e. The molecule has 1 fully saturated rings. The van der Waals surface area contributed by atoms with E-state index in [0.717, 1.165) is 13.1 Å². The van der Waals surface area contributed by atoms with Gasteiger partial charge in [-0.1, -0.05) is 0 Å². The maximum atomic E-state index is 12.5. The lowest BCUT2D eigenvalue weighted by Gasteiger charge is -2.33. The number of rotatable bonds is 2. The molecule has 0 aliphatic carbocycles. The first-order valence-corrected chi connectivity index (χ1v) is 7.26. The van der Waals surface area contributed by atoms with Crippen molar-refractivity contribution >= 4 is 16.9 Å². The van der Waals surface area contributed by atoms with Gasteiger partial charge in [0.1, 0.15) is 11.3 Å². The first-order valence-electron chi connectivity index (χ1n) is 7.26. The summed E-state index contributed by atoms with van der Waals surface area (Å²) in [5.41, 5.74) is 0.903. The molecule has 6 heteroatoms. The van der Waals surface area contributed by atoms with Crippen molar-refractivity contribution in [2.75, 3.05) is 26.2 Å². The quantitative estimate of drug-likeness (QED) is 0.901. The summed E-state index contributed by atoms with van der Waals surface area (Å²) in [5.74, 6) is 0.161. The molecule has 1 aromatic heterocycles. The van der Waals surface area contributed by atoms with Crippen LogP contribution in [0.15, 0.2) is 33.7 Å². The highest BCUT2D eigenvalue weighted by molar-refractivity contribution is 5.78. The summed E-state index contributed by atoms with van der Waals surface area (Å²) in [4.78, 5) is 27.7. The second kappa shape index (κ2) is 5.81. The minimum atomic E-state index is -0.0738. The van der Waals surface area contributed by atoms with Crippen molar-refractivity contribution in [3.05, 3.63) is 40.2 Å². The number of piperazine rings is 1. The van der Waals surface area contributed by atoms with Crippen LogP contribution in [0.1, 0.15) is 12.5 Å². The molecule has 0 saturated carbocycles. The summed E-state index contributed by atoms with van der Waals surface area (Å²) < 4.78 is 5.45. The molecule has 2 heterocycles. The third-order valence-electron chi connectivity index (χ3n) is 4.04. The minimum Gasteiger partial charge on any atom is -0.508 e. The van der Waals surface area contributed by atoms with Crippen LogP contribution in [0.25, 0.3) is 11.0 Å². The Morgan fingerprint density at radius 1 is 1.27 bits per heavy atom. The van der Waals surface area contributed by atoms with E-state index < -0.39 is 0 Å². The van der Waals surface area contributed by atoms with Gasteiger partial charge in [0.2, 0.25) is 5.91 Å². The van der Waals surface area contributed by atoms with Gasteiger partial charge in [-0.2, -0.15) is 0 Å². The molecule has 3 rings (SSSR count).